The zero-order valence-corrected chi connectivity index (χ0v) is 22.8. The Labute approximate surface area is 231 Å². The van der Waals surface area contributed by atoms with Gasteiger partial charge in [-0.1, -0.05) is 23.2 Å². The fourth-order valence-electron chi connectivity index (χ4n) is 5.15. The molecule has 2 aliphatic heterocycles. The van der Waals surface area contributed by atoms with Crippen LogP contribution in [0.1, 0.15) is 33.1 Å². The second kappa shape index (κ2) is 11.3. The minimum atomic E-state index is -0.461. The lowest BCUT2D eigenvalue weighted by molar-refractivity contribution is -0.120. The van der Waals surface area contributed by atoms with Crippen LogP contribution in [0.4, 0.5) is 22.0 Å². The summed E-state index contributed by atoms with van der Waals surface area (Å²) in [7, 11) is 0. The van der Waals surface area contributed by atoms with Crippen LogP contribution >= 0.6 is 23.2 Å². The number of benzene rings is 1. The van der Waals surface area contributed by atoms with Crippen LogP contribution in [0.15, 0.2) is 36.5 Å². The largest absolute Gasteiger partial charge is 0.427 e. The number of pyridine rings is 1. The van der Waals surface area contributed by atoms with Crippen molar-refractivity contribution in [1.82, 2.24) is 15.0 Å². The lowest BCUT2D eigenvalue weighted by Gasteiger charge is -2.42. The van der Waals surface area contributed by atoms with E-state index in [0.29, 0.717) is 60.4 Å². The Balaban J connectivity index is 1.45. The fourth-order valence-corrected chi connectivity index (χ4v) is 5.61. The summed E-state index contributed by atoms with van der Waals surface area (Å²) >= 11 is 12.6. The predicted molar refractivity (Wildman–Crippen MR) is 148 cm³/mol. The zero-order valence-electron chi connectivity index (χ0n) is 21.3. The summed E-state index contributed by atoms with van der Waals surface area (Å²) in [6.45, 7) is 7.59. The van der Waals surface area contributed by atoms with Crippen LogP contribution in [0, 0.1) is 5.82 Å². The highest BCUT2D eigenvalue weighted by Crippen LogP contribution is 2.33. The molecule has 5 rings (SSSR count). The minimum Gasteiger partial charge on any atom is -0.427 e. The summed E-state index contributed by atoms with van der Waals surface area (Å²) in [5.41, 5.74) is 1.45. The van der Waals surface area contributed by atoms with Gasteiger partial charge in [0.15, 0.2) is 5.75 Å². The molecule has 3 aromatic rings. The molecule has 2 aliphatic rings. The third-order valence-corrected chi connectivity index (χ3v) is 7.75. The Morgan fingerprint density at radius 2 is 1.84 bits per heavy atom. The van der Waals surface area contributed by atoms with Crippen LogP contribution in [0.3, 0.4) is 0 Å². The number of ether oxygens (including phenoxy) is 1. The van der Waals surface area contributed by atoms with Crippen molar-refractivity contribution < 1.29 is 13.9 Å². The fraction of sp³-hybridized carbons (Fsp3) is 0.407. The zero-order chi connectivity index (χ0) is 26.8. The Morgan fingerprint density at radius 3 is 2.55 bits per heavy atom. The van der Waals surface area contributed by atoms with Crippen LogP contribution in [0.25, 0.3) is 11.3 Å². The number of piperazine rings is 1. The van der Waals surface area contributed by atoms with Crippen molar-refractivity contribution in [3.8, 4) is 17.0 Å². The highest BCUT2D eigenvalue weighted by atomic mass is 35.5. The van der Waals surface area contributed by atoms with Gasteiger partial charge in [-0.3, -0.25) is 4.79 Å². The standard InChI is InChI=1S/C27H29Cl2FN6O2/c1-17-5-3-4-8-36(17)27-32-24(19-6-7-23(30)21(28)11-19)13-25(33-27)35-10-9-34(15-18(35)2)26-22(29)12-20(14-31-26)38-16-37/h6-7,11-14,16-18H,3-5,8-10,15H2,1-2H3/t17-,18+/m0/s1. The number of anilines is 3. The molecule has 0 amide bonds. The first-order valence-electron chi connectivity index (χ1n) is 12.7. The lowest BCUT2D eigenvalue weighted by atomic mass is 10.0. The molecule has 200 valence electrons. The van der Waals surface area contributed by atoms with E-state index in [-0.39, 0.29) is 11.1 Å². The first-order chi connectivity index (χ1) is 18.3. The SMILES string of the molecule is C[C@@H]1CN(c2ncc(OC=O)cc2Cl)CCN1c1cc(-c2ccc(F)c(Cl)c2)nc(N2CCCC[C@@H]2C)n1. The Morgan fingerprint density at radius 1 is 1.00 bits per heavy atom. The lowest BCUT2D eigenvalue weighted by Crippen LogP contribution is -2.53. The monoisotopic (exact) mass is 558 g/mol. The maximum absolute atomic E-state index is 13.9. The van der Waals surface area contributed by atoms with E-state index in [1.807, 2.05) is 6.07 Å². The molecule has 2 aromatic heterocycles. The van der Waals surface area contributed by atoms with Crippen molar-refractivity contribution in [3.63, 3.8) is 0 Å². The molecule has 0 unspecified atom stereocenters. The van der Waals surface area contributed by atoms with Gasteiger partial charge in [-0.05, 0) is 51.3 Å². The van der Waals surface area contributed by atoms with Crippen molar-refractivity contribution in [2.75, 3.05) is 40.9 Å². The quantitative estimate of drug-likeness (QED) is 0.361. The van der Waals surface area contributed by atoms with Crippen LogP contribution in [-0.2, 0) is 4.79 Å². The van der Waals surface area contributed by atoms with Crippen LogP contribution < -0.4 is 19.4 Å². The van der Waals surface area contributed by atoms with E-state index in [2.05, 4.69) is 33.5 Å². The average molecular weight is 559 g/mol. The molecule has 0 bridgehead atoms. The van der Waals surface area contributed by atoms with E-state index in [4.69, 9.17) is 37.9 Å². The second-order valence-electron chi connectivity index (χ2n) is 9.76. The molecular formula is C27H29Cl2FN6O2. The first kappa shape index (κ1) is 26.4. The number of rotatable bonds is 6. The van der Waals surface area contributed by atoms with Gasteiger partial charge in [0.2, 0.25) is 5.95 Å². The molecule has 1 aromatic carbocycles. The van der Waals surface area contributed by atoms with Gasteiger partial charge in [-0.25, -0.2) is 14.4 Å². The highest BCUT2D eigenvalue weighted by molar-refractivity contribution is 6.33. The van der Waals surface area contributed by atoms with Gasteiger partial charge in [0.05, 0.1) is 21.9 Å². The van der Waals surface area contributed by atoms with Gasteiger partial charge in [0.25, 0.3) is 6.47 Å². The van der Waals surface area contributed by atoms with Crippen molar-refractivity contribution in [3.05, 3.63) is 52.4 Å². The normalized spacial score (nSPS) is 20.0. The second-order valence-corrected chi connectivity index (χ2v) is 10.6. The Hall–Kier alpha value is -3.17. The molecule has 2 atom stereocenters. The molecule has 0 saturated carbocycles. The molecule has 2 saturated heterocycles. The summed E-state index contributed by atoms with van der Waals surface area (Å²) < 4.78 is 18.8. The molecule has 38 heavy (non-hydrogen) atoms. The van der Waals surface area contributed by atoms with Crippen molar-refractivity contribution in [2.45, 2.75) is 45.2 Å². The topological polar surface area (TPSA) is 74.7 Å². The first-order valence-corrected chi connectivity index (χ1v) is 13.5. The number of halogens is 3. The number of carbonyl (C=O) groups is 1. The van der Waals surface area contributed by atoms with E-state index in [0.717, 1.165) is 30.8 Å². The van der Waals surface area contributed by atoms with Crippen molar-refractivity contribution in [2.24, 2.45) is 0 Å². The minimum absolute atomic E-state index is 0.0616. The molecule has 0 radical (unpaired) electrons. The Bertz CT molecular complexity index is 1330. The van der Waals surface area contributed by atoms with Gasteiger partial charge in [-0.15, -0.1) is 0 Å². The van der Waals surface area contributed by atoms with Crippen molar-refractivity contribution in [1.29, 1.82) is 0 Å². The van der Waals surface area contributed by atoms with Gasteiger partial charge in [0.1, 0.15) is 17.5 Å². The summed E-state index contributed by atoms with van der Waals surface area (Å²) in [5.74, 6) is 1.97. The number of nitrogens with zero attached hydrogens (tertiary/aromatic N) is 6. The van der Waals surface area contributed by atoms with Crippen LogP contribution in [0.2, 0.25) is 10.0 Å². The Kier molecular flexibility index (Phi) is 7.85. The molecular weight excluding hydrogens is 530 g/mol. The summed E-state index contributed by atoms with van der Waals surface area (Å²) in [4.78, 5) is 31.6. The van der Waals surface area contributed by atoms with Crippen LogP contribution in [-0.4, -0.2) is 59.7 Å². The summed E-state index contributed by atoms with van der Waals surface area (Å²) in [5, 5.41) is 0.482. The molecule has 8 nitrogen and oxygen atoms in total. The van der Waals surface area contributed by atoms with Crippen LogP contribution in [0.5, 0.6) is 5.75 Å². The number of hydrogen-bond donors (Lipinski definition) is 0. The van der Waals surface area contributed by atoms with Crippen molar-refractivity contribution >= 4 is 47.3 Å². The number of piperidine rings is 1. The van der Waals surface area contributed by atoms with E-state index >= 15 is 0 Å². The van der Waals surface area contributed by atoms with Gasteiger partial charge in [0, 0.05) is 56.0 Å². The van der Waals surface area contributed by atoms with E-state index in [1.54, 1.807) is 18.2 Å². The van der Waals surface area contributed by atoms with E-state index in [1.165, 1.54) is 18.7 Å². The van der Waals surface area contributed by atoms with E-state index < -0.39 is 5.82 Å². The average Bonchev–Trinajstić information content (AvgIpc) is 2.90. The maximum atomic E-state index is 13.9. The maximum Gasteiger partial charge on any atom is 0.298 e. The molecule has 0 spiro atoms. The summed E-state index contributed by atoms with van der Waals surface area (Å²) in [6.07, 6.45) is 4.86. The van der Waals surface area contributed by atoms with Gasteiger partial charge in [-0.2, -0.15) is 4.98 Å². The molecule has 4 heterocycles. The molecule has 0 aliphatic carbocycles. The van der Waals surface area contributed by atoms with Gasteiger partial charge < -0.3 is 19.4 Å². The third-order valence-electron chi connectivity index (χ3n) is 7.18. The highest BCUT2D eigenvalue weighted by Gasteiger charge is 2.29. The van der Waals surface area contributed by atoms with E-state index in [9.17, 15) is 9.18 Å². The van der Waals surface area contributed by atoms with Gasteiger partial charge >= 0.3 is 0 Å². The molecule has 2 fully saturated rings. The third kappa shape index (κ3) is 5.49. The number of carbonyl (C=O) groups excluding carboxylic acids is 1. The molecule has 0 N–H and O–H groups in total. The summed E-state index contributed by atoms with van der Waals surface area (Å²) in [6, 6.07) is 8.63. The molecule has 11 heteroatoms. The smallest absolute Gasteiger partial charge is 0.298 e. The predicted octanol–water partition coefficient (Wildman–Crippen LogP) is 5.61. The number of hydrogen-bond acceptors (Lipinski definition) is 8. The number of aromatic nitrogens is 3.